The van der Waals surface area contributed by atoms with E-state index in [1.807, 2.05) is 0 Å². The Balaban J connectivity index is 0.00000192. The van der Waals surface area contributed by atoms with Gasteiger partial charge in [0.2, 0.25) is 0 Å². The molecule has 0 heterocycles. The lowest BCUT2D eigenvalue weighted by molar-refractivity contribution is 1.26. The lowest BCUT2D eigenvalue weighted by Gasteiger charge is -2.14. The van der Waals surface area contributed by atoms with Gasteiger partial charge in [-0.2, -0.15) is 0 Å². The van der Waals surface area contributed by atoms with Crippen molar-refractivity contribution in [1.82, 2.24) is 0 Å². The Morgan fingerprint density at radius 2 is 1.18 bits per heavy atom. The molecule has 4 aromatic rings. The van der Waals surface area contributed by atoms with Crippen molar-refractivity contribution in [1.29, 1.82) is 0 Å². The molecular weight excluding hydrogens is 336 g/mol. The smallest absolute Gasteiger partial charge is 0.00132 e. The fourth-order valence-corrected chi connectivity index (χ4v) is 4.43. The van der Waals surface area contributed by atoms with Crippen LogP contribution < -0.4 is 0 Å². The highest BCUT2D eigenvalue weighted by molar-refractivity contribution is 5.83. The second-order valence-electron chi connectivity index (χ2n) is 7.50. The molecule has 0 heteroatoms. The molecular formula is C28H26. The van der Waals surface area contributed by atoms with Crippen molar-refractivity contribution >= 4 is 0 Å². The maximum absolute atomic E-state index is 2.39. The van der Waals surface area contributed by atoms with E-state index in [0.717, 1.165) is 6.42 Å². The van der Waals surface area contributed by atoms with Gasteiger partial charge in [-0.25, -0.2) is 0 Å². The summed E-state index contributed by atoms with van der Waals surface area (Å²) in [5, 5.41) is 0. The van der Waals surface area contributed by atoms with Crippen LogP contribution in [0.2, 0.25) is 0 Å². The average Bonchev–Trinajstić information content (AvgIpc) is 3.06. The minimum atomic E-state index is 0. The predicted molar refractivity (Wildman–Crippen MR) is 122 cm³/mol. The van der Waals surface area contributed by atoms with Crippen molar-refractivity contribution < 1.29 is 0 Å². The number of rotatable bonds is 2. The molecule has 0 bridgehead atoms. The van der Waals surface area contributed by atoms with E-state index in [0.29, 0.717) is 0 Å². The molecule has 0 aliphatic heterocycles. The molecule has 28 heavy (non-hydrogen) atoms. The quantitative estimate of drug-likeness (QED) is 0.300. The summed E-state index contributed by atoms with van der Waals surface area (Å²) in [6.45, 7) is 4.44. The Labute approximate surface area is 168 Å². The van der Waals surface area contributed by atoms with E-state index in [4.69, 9.17) is 0 Å². The Hall–Kier alpha value is -3.12. The topological polar surface area (TPSA) is 0 Å². The first-order valence-electron chi connectivity index (χ1n) is 9.59. The largest absolute Gasteiger partial charge is 0.0776 e. The van der Waals surface area contributed by atoms with E-state index in [9.17, 15) is 0 Å². The molecule has 5 rings (SSSR count). The maximum atomic E-state index is 2.39. The van der Waals surface area contributed by atoms with Crippen LogP contribution in [0.15, 0.2) is 84.9 Å². The molecule has 0 nitrogen and oxygen atoms in total. The number of hydrogen-bond donors (Lipinski definition) is 0. The standard InChI is InChI=1S/C27H22.CH4/c1-18-8-3-5-10-23(18)25-13-7-12-24(19(25)2)21-14-15-27-22(17-21)16-20-9-4-6-11-26(20)27;/h3-15,17H,16H2,1-2H3;1H4. The highest BCUT2D eigenvalue weighted by Gasteiger charge is 2.19. The Morgan fingerprint density at radius 1 is 0.536 bits per heavy atom. The fourth-order valence-electron chi connectivity index (χ4n) is 4.43. The Bertz CT molecular complexity index is 1160. The second-order valence-corrected chi connectivity index (χ2v) is 7.50. The van der Waals surface area contributed by atoms with E-state index in [1.165, 1.54) is 55.6 Å². The van der Waals surface area contributed by atoms with Gasteiger partial charge in [0.1, 0.15) is 0 Å². The summed E-state index contributed by atoms with van der Waals surface area (Å²) < 4.78 is 0. The number of aryl methyl sites for hydroxylation is 1. The van der Waals surface area contributed by atoms with E-state index in [-0.39, 0.29) is 7.43 Å². The van der Waals surface area contributed by atoms with Gasteiger partial charge in [0, 0.05) is 0 Å². The van der Waals surface area contributed by atoms with Crippen LogP contribution in [-0.2, 0) is 6.42 Å². The van der Waals surface area contributed by atoms with Crippen LogP contribution in [0.3, 0.4) is 0 Å². The van der Waals surface area contributed by atoms with E-state index >= 15 is 0 Å². The fraction of sp³-hybridized carbons (Fsp3) is 0.143. The second kappa shape index (κ2) is 7.13. The van der Waals surface area contributed by atoms with Crippen LogP contribution in [0.1, 0.15) is 29.7 Å². The third-order valence-electron chi connectivity index (χ3n) is 5.87. The molecule has 0 spiro atoms. The molecule has 0 N–H and O–H groups in total. The van der Waals surface area contributed by atoms with Crippen molar-refractivity contribution in [2.45, 2.75) is 27.7 Å². The van der Waals surface area contributed by atoms with Gasteiger partial charge in [0.25, 0.3) is 0 Å². The Kier molecular flexibility index (Phi) is 4.65. The van der Waals surface area contributed by atoms with Crippen LogP contribution >= 0.6 is 0 Å². The summed E-state index contributed by atoms with van der Waals surface area (Å²) in [6, 6.07) is 31.1. The summed E-state index contributed by atoms with van der Waals surface area (Å²) in [7, 11) is 0. The first-order chi connectivity index (χ1) is 13.2. The number of fused-ring (bicyclic) bond motifs is 3. The predicted octanol–water partition coefficient (Wildman–Crippen LogP) is 7.84. The van der Waals surface area contributed by atoms with E-state index < -0.39 is 0 Å². The van der Waals surface area contributed by atoms with Crippen LogP contribution in [0, 0.1) is 13.8 Å². The number of benzene rings is 4. The monoisotopic (exact) mass is 362 g/mol. The third-order valence-corrected chi connectivity index (χ3v) is 5.87. The zero-order chi connectivity index (χ0) is 18.4. The SMILES string of the molecule is C.Cc1ccccc1-c1cccc(-c2ccc3c(c2)Cc2ccccc2-3)c1C. The van der Waals surface area contributed by atoms with Gasteiger partial charge in [0.15, 0.2) is 0 Å². The highest BCUT2D eigenvalue weighted by Crippen LogP contribution is 2.40. The zero-order valence-corrected chi connectivity index (χ0v) is 15.8. The molecule has 138 valence electrons. The van der Waals surface area contributed by atoms with Crippen LogP contribution in [-0.4, -0.2) is 0 Å². The summed E-state index contributed by atoms with van der Waals surface area (Å²) in [5.74, 6) is 0. The normalized spacial score (nSPS) is 11.5. The van der Waals surface area contributed by atoms with Crippen molar-refractivity contribution in [2.75, 3.05) is 0 Å². The van der Waals surface area contributed by atoms with Crippen molar-refractivity contribution in [3.8, 4) is 33.4 Å². The molecule has 0 unspecified atom stereocenters. The van der Waals surface area contributed by atoms with Crippen LogP contribution in [0.5, 0.6) is 0 Å². The molecule has 0 saturated heterocycles. The lowest BCUT2D eigenvalue weighted by Crippen LogP contribution is -1.91. The first-order valence-corrected chi connectivity index (χ1v) is 9.59. The average molecular weight is 363 g/mol. The minimum absolute atomic E-state index is 0. The molecule has 0 aromatic heterocycles. The molecule has 0 atom stereocenters. The molecule has 0 saturated carbocycles. The summed E-state index contributed by atoms with van der Waals surface area (Å²) in [6.07, 6.45) is 1.04. The van der Waals surface area contributed by atoms with Crippen molar-refractivity contribution in [3.05, 3.63) is 107 Å². The van der Waals surface area contributed by atoms with Gasteiger partial charge in [-0.15, -0.1) is 0 Å². The molecule has 0 amide bonds. The van der Waals surface area contributed by atoms with E-state index in [2.05, 4.69) is 98.8 Å². The third kappa shape index (κ3) is 2.86. The van der Waals surface area contributed by atoms with Crippen LogP contribution in [0.25, 0.3) is 33.4 Å². The zero-order valence-electron chi connectivity index (χ0n) is 15.8. The van der Waals surface area contributed by atoms with E-state index in [1.54, 1.807) is 0 Å². The van der Waals surface area contributed by atoms with Gasteiger partial charge in [-0.3, -0.25) is 0 Å². The molecule has 1 aliphatic carbocycles. The lowest BCUT2D eigenvalue weighted by atomic mass is 9.90. The Morgan fingerprint density at radius 3 is 2.00 bits per heavy atom. The molecule has 4 aromatic carbocycles. The minimum Gasteiger partial charge on any atom is -0.0776 e. The summed E-state index contributed by atoms with van der Waals surface area (Å²) in [4.78, 5) is 0. The van der Waals surface area contributed by atoms with Crippen molar-refractivity contribution in [3.63, 3.8) is 0 Å². The maximum Gasteiger partial charge on any atom is -0.00132 e. The first kappa shape index (κ1) is 18.3. The summed E-state index contributed by atoms with van der Waals surface area (Å²) in [5.41, 5.74) is 13.6. The van der Waals surface area contributed by atoms with Crippen LogP contribution in [0.4, 0.5) is 0 Å². The van der Waals surface area contributed by atoms with Gasteiger partial charge in [-0.05, 0) is 75.9 Å². The van der Waals surface area contributed by atoms with Gasteiger partial charge in [-0.1, -0.05) is 92.4 Å². The van der Waals surface area contributed by atoms with Gasteiger partial charge in [0.05, 0.1) is 0 Å². The highest BCUT2D eigenvalue weighted by atomic mass is 14.2. The molecule has 0 radical (unpaired) electrons. The van der Waals surface area contributed by atoms with Gasteiger partial charge >= 0.3 is 0 Å². The summed E-state index contributed by atoms with van der Waals surface area (Å²) >= 11 is 0. The molecule has 0 fully saturated rings. The molecule has 1 aliphatic rings. The van der Waals surface area contributed by atoms with Crippen molar-refractivity contribution in [2.24, 2.45) is 0 Å². The van der Waals surface area contributed by atoms with Gasteiger partial charge < -0.3 is 0 Å². The number of hydrogen-bond acceptors (Lipinski definition) is 0.